The van der Waals surface area contributed by atoms with E-state index in [9.17, 15) is 9.18 Å². The summed E-state index contributed by atoms with van der Waals surface area (Å²) in [4.78, 5) is 12.3. The van der Waals surface area contributed by atoms with Crippen LogP contribution in [0.2, 0.25) is 5.02 Å². The van der Waals surface area contributed by atoms with Crippen molar-refractivity contribution in [1.29, 1.82) is 0 Å². The lowest BCUT2D eigenvalue weighted by molar-refractivity contribution is -0.0000144. The molecule has 1 amide bonds. The fraction of sp³-hybridized carbons (Fsp3) is 0.316. The van der Waals surface area contributed by atoms with Crippen molar-refractivity contribution in [2.45, 2.75) is 19.4 Å². The van der Waals surface area contributed by atoms with E-state index in [2.05, 4.69) is 17.6 Å². The summed E-state index contributed by atoms with van der Waals surface area (Å²) in [6.07, 6.45) is 1.10. The number of nitrogens with one attached hydrogen (secondary N) is 2. The second kappa shape index (κ2) is 9.21. The van der Waals surface area contributed by atoms with Gasteiger partial charge in [-0.3, -0.25) is 4.79 Å². The highest BCUT2D eigenvalue weighted by Gasteiger charge is 2.22. The minimum absolute atomic E-state index is 0. The lowest BCUT2D eigenvalue weighted by atomic mass is 9.98. The van der Waals surface area contributed by atoms with E-state index in [1.54, 1.807) is 12.1 Å². The van der Waals surface area contributed by atoms with Gasteiger partial charge in [0.2, 0.25) is 0 Å². The molecular weight excluding hydrogens is 378 g/mol. The number of piperidine rings is 1. The van der Waals surface area contributed by atoms with Crippen molar-refractivity contribution in [2.75, 3.05) is 18.4 Å². The molecule has 0 spiro atoms. The van der Waals surface area contributed by atoms with Crippen LogP contribution in [0.15, 0.2) is 42.5 Å². The molecule has 4 nitrogen and oxygen atoms in total. The van der Waals surface area contributed by atoms with Crippen molar-refractivity contribution in [1.82, 2.24) is 5.32 Å². The maximum absolute atomic E-state index is 13.1. The fourth-order valence-electron chi connectivity index (χ4n) is 2.86. The monoisotopic (exact) mass is 398 g/mol. The number of carbonyl (C=O) groups is 1. The molecule has 0 saturated carbocycles. The number of benzene rings is 2. The zero-order chi connectivity index (χ0) is 17.8. The largest absolute Gasteiger partial charge is 1.00 e. The summed E-state index contributed by atoms with van der Waals surface area (Å²) in [6.45, 7) is 4.03. The number of anilines is 1. The standard InChI is InChI=1S/C19H20ClFN2O2.ClH/c1-12-11-22-8-7-18(12)25-15-4-2-3-14(10-15)23-19(24)16-6-5-13(21)9-17(16)20;/h2-6,9-10,12,18,22H,7-8,11H2,1H3,(H,23,24);1H. The molecule has 0 aromatic heterocycles. The number of amides is 1. The Morgan fingerprint density at radius 2 is 2.15 bits per heavy atom. The van der Waals surface area contributed by atoms with Gasteiger partial charge in [-0.15, -0.1) is 0 Å². The molecule has 2 atom stereocenters. The molecule has 1 heterocycles. The maximum atomic E-state index is 13.1. The predicted molar refractivity (Wildman–Crippen MR) is 98.0 cm³/mol. The Balaban J connectivity index is 0.00000182. The number of hydrogen-bond acceptors (Lipinski definition) is 3. The summed E-state index contributed by atoms with van der Waals surface area (Å²) < 4.78 is 19.2. The third kappa shape index (κ3) is 5.10. The zero-order valence-corrected chi connectivity index (χ0v) is 15.8. The van der Waals surface area contributed by atoms with Crippen LogP contribution in [0.3, 0.4) is 0 Å². The van der Waals surface area contributed by atoms with Crippen LogP contribution in [0.4, 0.5) is 10.1 Å². The molecule has 0 aliphatic carbocycles. The Labute approximate surface area is 165 Å². The SMILES string of the molecule is CC1CNCCC1Oc1cccc(NC(=O)c2ccc(F)cc2Cl)c1.[Cl-].[H+]. The summed E-state index contributed by atoms with van der Waals surface area (Å²) in [5.74, 6) is 0.261. The molecule has 7 heteroatoms. The molecular formula is C19H21Cl2FN2O2. The topological polar surface area (TPSA) is 50.4 Å². The lowest BCUT2D eigenvalue weighted by Gasteiger charge is -2.30. The Morgan fingerprint density at radius 3 is 2.88 bits per heavy atom. The number of halogens is 3. The first-order valence-electron chi connectivity index (χ1n) is 8.27. The Morgan fingerprint density at radius 1 is 1.35 bits per heavy atom. The molecule has 0 bridgehead atoms. The van der Waals surface area contributed by atoms with Crippen molar-refractivity contribution >= 4 is 23.2 Å². The van der Waals surface area contributed by atoms with Gasteiger partial charge in [0.15, 0.2) is 0 Å². The van der Waals surface area contributed by atoms with E-state index in [0.717, 1.165) is 25.6 Å². The number of carbonyl (C=O) groups excluding carboxylic acids is 1. The molecule has 2 aromatic carbocycles. The van der Waals surface area contributed by atoms with E-state index in [0.29, 0.717) is 17.4 Å². The van der Waals surface area contributed by atoms with Gasteiger partial charge < -0.3 is 27.8 Å². The van der Waals surface area contributed by atoms with Crippen LogP contribution in [-0.2, 0) is 0 Å². The second-order valence-electron chi connectivity index (χ2n) is 6.23. The predicted octanol–water partition coefficient (Wildman–Crippen LogP) is 1.22. The first kappa shape index (κ1) is 20.5. The molecule has 26 heavy (non-hydrogen) atoms. The van der Waals surface area contributed by atoms with Gasteiger partial charge in [-0.05, 0) is 43.3 Å². The molecule has 1 saturated heterocycles. The van der Waals surface area contributed by atoms with Crippen molar-refractivity contribution in [3.05, 3.63) is 58.9 Å². The molecule has 140 valence electrons. The number of ether oxygens (including phenoxy) is 1. The Hall–Kier alpha value is -1.82. The Bertz CT molecular complexity index is 779. The van der Waals surface area contributed by atoms with Gasteiger partial charge in [-0.25, -0.2) is 4.39 Å². The minimum Gasteiger partial charge on any atom is -1.00 e. The quantitative estimate of drug-likeness (QED) is 0.813. The Kier molecular flexibility index (Phi) is 7.26. The molecule has 1 fully saturated rings. The van der Waals surface area contributed by atoms with E-state index in [1.807, 2.05) is 12.1 Å². The molecule has 2 aromatic rings. The highest BCUT2D eigenvalue weighted by atomic mass is 35.5. The molecule has 1 aliphatic heterocycles. The van der Waals surface area contributed by atoms with Gasteiger partial charge in [0.25, 0.3) is 5.91 Å². The van der Waals surface area contributed by atoms with Crippen LogP contribution in [0, 0.1) is 11.7 Å². The zero-order valence-electron chi connectivity index (χ0n) is 15.3. The molecule has 3 rings (SSSR count). The van der Waals surface area contributed by atoms with Gasteiger partial charge in [0.05, 0.1) is 10.6 Å². The first-order valence-corrected chi connectivity index (χ1v) is 8.64. The van der Waals surface area contributed by atoms with E-state index in [4.69, 9.17) is 16.3 Å². The first-order chi connectivity index (χ1) is 12.0. The molecule has 0 radical (unpaired) electrons. The van der Waals surface area contributed by atoms with Crippen molar-refractivity contribution in [3.63, 3.8) is 0 Å². The summed E-state index contributed by atoms with van der Waals surface area (Å²) in [7, 11) is 0. The van der Waals surface area contributed by atoms with Crippen molar-refractivity contribution in [3.8, 4) is 5.75 Å². The average Bonchev–Trinajstić information content (AvgIpc) is 2.57. The van der Waals surface area contributed by atoms with Gasteiger partial charge in [0.1, 0.15) is 17.7 Å². The van der Waals surface area contributed by atoms with Crippen LogP contribution in [0.1, 0.15) is 25.1 Å². The van der Waals surface area contributed by atoms with Crippen LogP contribution in [0.5, 0.6) is 5.75 Å². The van der Waals surface area contributed by atoms with E-state index in [1.165, 1.54) is 12.1 Å². The smallest absolute Gasteiger partial charge is 1.00 e. The van der Waals surface area contributed by atoms with Crippen molar-refractivity contribution < 1.29 is 27.8 Å². The summed E-state index contributed by atoms with van der Waals surface area (Å²) >= 11 is 5.94. The normalized spacial score (nSPS) is 19.3. The third-order valence-electron chi connectivity index (χ3n) is 4.26. The molecule has 1 aliphatic rings. The van der Waals surface area contributed by atoms with Crippen LogP contribution >= 0.6 is 11.6 Å². The van der Waals surface area contributed by atoms with E-state index < -0.39 is 11.7 Å². The summed E-state index contributed by atoms with van der Waals surface area (Å²) in [5.41, 5.74) is 0.825. The van der Waals surface area contributed by atoms with Crippen LogP contribution < -0.4 is 27.8 Å². The minimum atomic E-state index is -0.479. The molecule has 2 unspecified atom stereocenters. The van der Waals surface area contributed by atoms with E-state index in [-0.39, 0.29) is 30.5 Å². The summed E-state index contributed by atoms with van der Waals surface area (Å²) in [5, 5.41) is 6.19. The highest BCUT2D eigenvalue weighted by molar-refractivity contribution is 6.34. The van der Waals surface area contributed by atoms with Crippen molar-refractivity contribution in [2.24, 2.45) is 5.92 Å². The maximum Gasteiger partial charge on any atom is 1.00 e. The highest BCUT2D eigenvalue weighted by Crippen LogP contribution is 2.24. The van der Waals surface area contributed by atoms with Crippen LogP contribution in [0.25, 0.3) is 0 Å². The van der Waals surface area contributed by atoms with Gasteiger partial charge >= 0.3 is 1.43 Å². The van der Waals surface area contributed by atoms with E-state index >= 15 is 0 Å². The molecule has 2 N–H and O–H groups in total. The third-order valence-corrected chi connectivity index (χ3v) is 4.57. The summed E-state index contributed by atoms with van der Waals surface area (Å²) in [6, 6.07) is 10.9. The number of rotatable bonds is 4. The van der Waals surface area contributed by atoms with Crippen LogP contribution in [-0.4, -0.2) is 25.1 Å². The second-order valence-corrected chi connectivity index (χ2v) is 6.64. The fourth-order valence-corrected chi connectivity index (χ4v) is 3.11. The average molecular weight is 399 g/mol. The van der Waals surface area contributed by atoms with Gasteiger partial charge in [-0.2, -0.15) is 0 Å². The number of hydrogen-bond donors (Lipinski definition) is 2. The van der Waals surface area contributed by atoms with Gasteiger partial charge in [0, 0.05) is 24.2 Å². The van der Waals surface area contributed by atoms with Gasteiger partial charge in [-0.1, -0.05) is 24.6 Å². The lowest BCUT2D eigenvalue weighted by Crippen LogP contribution is -3.00.